The van der Waals surface area contributed by atoms with Gasteiger partial charge < -0.3 is 5.32 Å². The summed E-state index contributed by atoms with van der Waals surface area (Å²) in [4.78, 5) is 17.6. The second-order valence-electron chi connectivity index (χ2n) is 5.26. The number of para-hydroxylation sites is 1. The van der Waals surface area contributed by atoms with E-state index in [1.165, 1.54) is 17.4 Å². The van der Waals surface area contributed by atoms with Crippen molar-refractivity contribution in [2.75, 3.05) is 11.9 Å². The number of fused-ring (bicyclic) bond motifs is 4. The molecule has 0 unspecified atom stereocenters. The van der Waals surface area contributed by atoms with Gasteiger partial charge in [0, 0.05) is 17.3 Å². The number of hydrogen-bond donors (Lipinski definition) is 1. The van der Waals surface area contributed by atoms with Crippen molar-refractivity contribution >= 4 is 48.2 Å². The zero-order valence-electron chi connectivity index (χ0n) is 12.4. The standard InChI is InChI=1S/C18H13FN2OS/c1-2-20-18-17-14(10-6-3-4-9-13(10)21-18)15(22)11-7-5-8-12(19)16(11)23-17/h3-9H,2H2,1H3,(H,20,21). The van der Waals surface area contributed by atoms with E-state index in [1.807, 2.05) is 31.2 Å². The average molecular weight is 324 g/mol. The van der Waals surface area contributed by atoms with Gasteiger partial charge in [0.25, 0.3) is 0 Å². The fourth-order valence-corrected chi connectivity index (χ4v) is 3.99. The molecule has 0 saturated carbocycles. The van der Waals surface area contributed by atoms with Crippen LogP contribution < -0.4 is 10.7 Å². The number of hydrogen-bond acceptors (Lipinski definition) is 4. The van der Waals surface area contributed by atoms with Gasteiger partial charge >= 0.3 is 0 Å². The van der Waals surface area contributed by atoms with Crippen LogP contribution in [0.2, 0.25) is 0 Å². The maximum absolute atomic E-state index is 14.2. The van der Waals surface area contributed by atoms with Crippen LogP contribution in [-0.4, -0.2) is 11.5 Å². The van der Waals surface area contributed by atoms with Crippen molar-refractivity contribution in [3.8, 4) is 0 Å². The van der Waals surface area contributed by atoms with E-state index < -0.39 is 0 Å². The van der Waals surface area contributed by atoms with Gasteiger partial charge in [-0.3, -0.25) is 4.79 Å². The van der Waals surface area contributed by atoms with E-state index in [-0.39, 0.29) is 11.2 Å². The lowest BCUT2D eigenvalue weighted by Gasteiger charge is -2.10. The number of benzene rings is 2. The smallest absolute Gasteiger partial charge is 0.196 e. The zero-order chi connectivity index (χ0) is 16.0. The van der Waals surface area contributed by atoms with Crippen LogP contribution >= 0.6 is 11.3 Å². The Kier molecular flexibility index (Phi) is 3.23. The molecule has 2 aromatic carbocycles. The highest BCUT2D eigenvalue weighted by molar-refractivity contribution is 7.25. The lowest BCUT2D eigenvalue weighted by molar-refractivity contribution is 0.641. The lowest BCUT2D eigenvalue weighted by atomic mass is 10.1. The first-order valence-corrected chi connectivity index (χ1v) is 8.20. The van der Waals surface area contributed by atoms with Crippen molar-refractivity contribution in [2.24, 2.45) is 0 Å². The van der Waals surface area contributed by atoms with Crippen molar-refractivity contribution < 1.29 is 4.39 Å². The molecule has 0 atom stereocenters. The van der Waals surface area contributed by atoms with Crippen LogP contribution in [0.15, 0.2) is 47.3 Å². The Morgan fingerprint density at radius 2 is 1.87 bits per heavy atom. The van der Waals surface area contributed by atoms with Crippen molar-refractivity contribution in [2.45, 2.75) is 6.92 Å². The van der Waals surface area contributed by atoms with E-state index in [0.717, 1.165) is 10.9 Å². The van der Waals surface area contributed by atoms with Gasteiger partial charge in [0.2, 0.25) is 0 Å². The molecule has 0 bridgehead atoms. The summed E-state index contributed by atoms with van der Waals surface area (Å²) in [5, 5.41) is 5.02. The summed E-state index contributed by atoms with van der Waals surface area (Å²) in [7, 11) is 0. The Hall–Kier alpha value is -2.53. The van der Waals surface area contributed by atoms with Crippen LogP contribution in [0.4, 0.5) is 10.2 Å². The molecule has 114 valence electrons. The summed E-state index contributed by atoms with van der Waals surface area (Å²) in [6.07, 6.45) is 0. The second kappa shape index (κ2) is 5.28. The molecular weight excluding hydrogens is 311 g/mol. The monoisotopic (exact) mass is 324 g/mol. The van der Waals surface area contributed by atoms with E-state index in [1.54, 1.807) is 12.1 Å². The van der Waals surface area contributed by atoms with Crippen LogP contribution in [0.5, 0.6) is 0 Å². The first-order chi connectivity index (χ1) is 11.2. The van der Waals surface area contributed by atoms with Crippen LogP contribution in [0.3, 0.4) is 0 Å². The molecule has 4 rings (SSSR count). The maximum Gasteiger partial charge on any atom is 0.196 e. The third-order valence-electron chi connectivity index (χ3n) is 3.83. The fraction of sp³-hybridized carbons (Fsp3) is 0.111. The molecular formula is C18H13FN2OS. The Bertz CT molecular complexity index is 1120. The van der Waals surface area contributed by atoms with Gasteiger partial charge in [0.05, 0.1) is 20.3 Å². The van der Waals surface area contributed by atoms with Crippen molar-refractivity contribution in [3.05, 3.63) is 58.5 Å². The lowest BCUT2D eigenvalue weighted by Crippen LogP contribution is -2.07. The summed E-state index contributed by atoms with van der Waals surface area (Å²) >= 11 is 1.27. The third kappa shape index (κ3) is 2.08. The number of halogens is 1. The molecule has 23 heavy (non-hydrogen) atoms. The van der Waals surface area contributed by atoms with Crippen LogP contribution in [-0.2, 0) is 0 Å². The summed E-state index contributed by atoms with van der Waals surface area (Å²) < 4.78 is 15.2. The molecule has 0 amide bonds. The molecule has 3 nitrogen and oxygen atoms in total. The molecule has 0 spiro atoms. The molecule has 0 aliphatic carbocycles. The number of rotatable bonds is 2. The molecule has 2 aromatic heterocycles. The average Bonchev–Trinajstić information content (AvgIpc) is 2.56. The van der Waals surface area contributed by atoms with Gasteiger partial charge in [-0.05, 0) is 25.1 Å². The number of nitrogens with one attached hydrogen (secondary N) is 1. The quantitative estimate of drug-likeness (QED) is 0.435. The fourth-order valence-electron chi connectivity index (χ4n) is 2.83. The molecule has 5 heteroatoms. The summed E-state index contributed by atoms with van der Waals surface area (Å²) in [5.74, 6) is 0.260. The van der Waals surface area contributed by atoms with E-state index in [4.69, 9.17) is 0 Å². The minimum atomic E-state index is -0.373. The molecule has 0 radical (unpaired) electrons. The van der Waals surface area contributed by atoms with Crippen molar-refractivity contribution in [3.63, 3.8) is 0 Å². The van der Waals surface area contributed by atoms with E-state index in [9.17, 15) is 9.18 Å². The Balaban J connectivity index is 2.32. The summed E-state index contributed by atoms with van der Waals surface area (Å²) in [6, 6.07) is 12.2. The molecule has 2 heterocycles. The second-order valence-corrected chi connectivity index (χ2v) is 6.28. The van der Waals surface area contributed by atoms with Crippen LogP contribution in [0, 0.1) is 5.82 Å². The van der Waals surface area contributed by atoms with E-state index in [0.29, 0.717) is 32.5 Å². The van der Waals surface area contributed by atoms with E-state index >= 15 is 0 Å². The Morgan fingerprint density at radius 1 is 1.09 bits per heavy atom. The minimum Gasteiger partial charge on any atom is -0.369 e. The van der Waals surface area contributed by atoms with Crippen molar-refractivity contribution in [1.29, 1.82) is 0 Å². The molecule has 1 N–H and O–H groups in total. The predicted molar refractivity (Wildman–Crippen MR) is 95.0 cm³/mol. The molecule has 0 fully saturated rings. The summed E-state index contributed by atoms with van der Waals surface area (Å²) in [5.41, 5.74) is 0.613. The van der Waals surface area contributed by atoms with Gasteiger partial charge in [-0.15, -0.1) is 11.3 Å². The normalized spacial score (nSPS) is 11.4. The predicted octanol–water partition coefficient (Wildman–Crippen LogP) is 4.53. The number of anilines is 1. The van der Waals surface area contributed by atoms with Gasteiger partial charge in [-0.25, -0.2) is 9.37 Å². The highest BCUT2D eigenvalue weighted by atomic mass is 32.1. The zero-order valence-corrected chi connectivity index (χ0v) is 13.2. The highest BCUT2D eigenvalue weighted by Crippen LogP contribution is 2.34. The maximum atomic E-state index is 14.2. The first kappa shape index (κ1) is 14.1. The number of nitrogens with zero attached hydrogens (tertiary/aromatic N) is 1. The van der Waals surface area contributed by atoms with Crippen molar-refractivity contribution in [1.82, 2.24) is 4.98 Å². The van der Waals surface area contributed by atoms with Crippen LogP contribution in [0.25, 0.3) is 31.1 Å². The molecule has 0 saturated heterocycles. The third-order valence-corrected chi connectivity index (χ3v) is 5.06. The Labute approximate surface area is 135 Å². The number of pyridine rings is 1. The van der Waals surface area contributed by atoms with E-state index in [2.05, 4.69) is 10.3 Å². The largest absolute Gasteiger partial charge is 0.369 e. The first-order valence-electron chi connectivity index (χ1n) is 7.38. The SMILES string of the molecule is CCNc1nc2ccccc2c2c(=O)c3cccc(F)c3sc12. The molecule has 4 aromatic rings. The van der Waals surface area contributed by atoms with Gasteiger partial charge in [0.15, 0.2) is 5.43 Å². The summed E-state index contributed by atoms with van der Waals surface area (Å²) in [6.45, 7) is 2.64. The van der Waals surface area contributed by atoms with Gasteiger partial charge in [0.1, 0.15) is 11.6 Å². The topological polar surface area (TPSA) is 42.0 Å². The molecule has 0 aliphatic heterocycles. The Morgan fingerprint density at radius 3 is 2.70 bits per heavy atom. The van der Waals surface area contributed by atoms with Crippen LogP contribution in [0.1, 0.15) is 6.92 Å². The highest BCUT2D eigenvalue weighted by Gasteiger charge is 2.15. The number of aromatic nitrogens is 1. The van der Waals surface area contributed by atoms with Gasteiger partial charge in [-0.2, -0.15) is 0 Å². The minimum absolute atomic E-state index is 0.147. The van der Waals surface area contributed by atoms with Gasteiger partial charge in [-0.1, -0.05) is 24.3 Å². The molecule has 0 aliphatic rings.